The lowest BCUT2D eigenvalue weighted by atomic mass is 9.88. The van der Waals surface area contributed by atoms with Crippen molar-refractivity contribution >= 4 is 0 Å². The van der Waals surface area contributed by atoms with Crippen molar-refractivity contribution in [2.75, 3.05) is 0 Å². The van der Waals surface area contributed by atoms with E-state index in [-0.39, 0.29) is 0 Å². The minimum atomic E-state index is -0.810. The molecule has 2 heteroatoms. The van der Waals surface area contributed by atoms with Gasteiger partial charge in [-0.25, -0.2) is 0 Å². The van der Waals surface area contributed by atoms with E-state index < -0.39 is 5.54 Å². The van der Waals surface area contributed by atoms with Crippen molar-refractivity contribution in [3.8, 4) is 6.07 Å². The number of benzene rings is 1. The van der Waals surface area contributed by atoms with Gasteiger partial charge in [-0.05, 0) is 12.0 Å². The van der Waals surface area contributed by atoms with Crippen LogP contribution in [0, 0.1) is 11.3 Å². The molecule has 0 aliphatic carbocycles. The fraction of sp³-hybridized carbons (Fsp3) is 0.364. The predicted octanol–water partition coefficient (Wildman–Crippen LogP) is 2.16. The zero-order valence-electron chi connectivity index (χ0n) is 7.83. The number of nitrogens with zero attached hydrogens (tertiary/aromatic N) is 1. The Morgan fingerprint density at radius 2 is 2.00 bits per heavy atom. The quantitative estimate of drug-likeness (QED) is 0.763. The first kappa shape index (κ1) is 9.76. The van der Waals surface area contributed by atoms with Gasteiger partial charge in [0, 0.05) is 0 Å². The van der Waals surface area contributed by atoms with E-state index in [1.807, 2.05) is 37.3 Å². The molecule has 1 atom stereocenters. The van der Waals surface area contributed by atoms with Crippen LogP contribution in [-0.4, -0.2) is 0 Å². The number of nitriles is 1. The SMILES string of the molecule is CCCC(N)(C#N)c1ccccc1. The fourth-order valence-electron chi connectivity index (χ4n) is 1.39. The number of hydrogen-bond acceptors (Lipinski definition) is 2. The highest BCUT2D eigenvalue weighted by molar-refractivity contribution is 5.30. The first-order chi connectivity index (χ1) is 6.23. The van der Waals surface area contributed by atoms with Crippen molar-refractivity contribution in [3.63, 3.8) is 0 Å². The summed E-state index contributed by atoms with van der Waals surface area (Å²) in [5.41, 5.74) is 6.06. The maximum absolute atomic E-state index is 8.99. The lowest BCUT2D eigenvalue weighted by Crippen LogP contribution is -2.34. The molecule has 1 unspecified atom stereocenters. The summed E-state index contributed by atoms with van der Waals surface area (Å²) in [6.07, 6.45) is 1.62. The normalized spacial score (nSPS) is 14.5. The molecule has 0 spiro atoms. The Morgan fingerprint density at radius 1 is 1.38 bits per heavy atom. The molecule has 1 aromatic carbocycles. The molecule has 0 aliphatic heterocycles. The van der Waals surface area contributed by atoms with Crippen LogP contribution in [0.5, 0.6) is 0 Å². The van der Waals surface area contributed by atoms with Gasteiger partial charge in [-0.3, -0.25) is 0 Å². The molecule has 2 nitrogen and oxygen atoms in total. The van der Waals surface area contributed by atoms with Gasteiger partial charge in [0.05, 0.1) is 6.07 Å². The van der Waals surface area contributed by atoms with Crippen LogP contribution in [0.3, 0.4) is 0 Å². The summed E-state index contributed by atoms with van der Waals surface area (Å²) in [5, 5.41) is 8.99. The van der Waals surface area contributed by atoms with Crippen molar-refractivity contribution in [1.29, 1.82) is 5.26 Å². The maximum Gasteiger partial charge on any atom is 0.129 e. The van der Waals surface area contributed by atoms with Crippen LogP contribution in [0.2, 0.25) is 0 Å². The molecule has 0 radical (unpaired) electrons. The monoisotopic (exact) mass is 174 g/mol. The van der Waals surface area contributed by atoms with Crippen LogP contribution in [-0.2, 0) is 5.54 Å². The summed E-state index contributed by atoms with van der Waals surface area (Å²) in [5.74, 6) is 0. The third-order valence-corrected chi connectivity index (χ3v) is 2.13. The number of rotatable bonds is 3. The third-order valence-electron chi connectivity index (χ3n) is 2.13. The first-order valence-corrected chi connectivity index (χ1v) is 4.48. The van der Waals surface area contributed by atoms with Gasteiger partial charge >= 0.3 is 0 Å². The maximum atomic E-state index is 8.99. The zero-order valence-corrected chi connectivity index (χ0v) is 7.83. The van der Waals surface area contributed by atoms with Gasteiger partial charge in [0.2, 0.25) is 0 Å². The molecule has 0 fully saturated rings. The van der Waals surface area contributed by atoms with Crippen molar-refractivity contribution < 1.29 is 0 Å². The Labute approximate surface area is 79.0 Å². The topological polar surface area (TPSA) is 49.8 Å². The Hall–Kier alpha value is -1.33. The standard InChI is InChI=1S/C11H14N2/c1-2-8-11(13,9-12)10-6-4-3-5-7-10/h3-7H,2,8,13H2,1H3. The van der Waals surface area contributed by atoms with E-state index in [1.54, 1.807) is 0 Å². The van der Waals surface area contributed by atoms with Crippen LogP contribution in [0.25, 0.3) is 0 Å². The molecule has 0 saturated carbocycles. The van der Waals surface area contributed by atoms with Crippen molar-refractivity contribution in [2.45, 2.75) is 25.3 Å². The summed E-state index contributed by atoms with van der Waals surface area (Å²) >= 11 is 0. The van der Waals surface area contributed by atoms with E-state index in [0.29, 0.717) is 6.42 Å². The second kappa shape index (κ2) is 4.06. The Bertz CT molecular complexity index is 300. The molecule has 0 saturated heterocycles. The average Bonchev–Trinajstić information content (AvgIpc) is 2.19. The first-order valence-electron chi connectivity index (χ1n) is 4.48. The van der Waals surface area contributed by atoms with Crippen molar-refractivity contribution in [1.82, 2.24) is 0 Å². The van der Waals surface area contributed by atoms with E-state index in [9.17, 15) is 0 Å². The van der Waals surface area contributed by atoms with E-state index in [4.69, 9.17) is 11.0 Å². The van der Waals surface area contributed by atoms with E-state index in [0.717, 1.165) is 12.0 Å². The van der Waals surface area contributed by atoms with Gasteiger partial charge in [0.15, 0.2) is 0 Å². The number of nitrogens with two attached hydrogens (primary N) is 1. The summed E-state index contributed by atoms with van der Waals surface area (Å²) in [6.45, 7) is 2.03. The van der Waals surface area contributed by atoms with Crippen LogP contribution >= 0.6 is 0 Å². The third kappa shape index (κ3) is 2.07. The molecule has 0 amide bonds. The second-order valence-corrected chi connectivity index (χ2v) is 3.20. The summed E-state index contributed by atoms with van der Waals surface area (Å²) in [7, 11) is 0. The Balaban J connectivity index is 2.98. The highest BCUT2D eigenvalue weighted by Gasteiger charge is 2.25. The molecule has 0 aliphatic rings. The Kier molecular flexibility index (Phi) is 3.05. The molecule has 0 aromatic heterocycles. The summed E-state index contributed by atoms with van der Waals surface area (Å²) in [6, 6.07) is 11.7. The molecule has 68 valence electrons. The minimum absolute atomic E-state index is 0.702. The summed E-state index contributed by atoms with van der Waals surface area (Å²) < 4.78 is 0. The molecular weight excluding hydrogens is 160 g/mol. The zero-order chi connectivity index (χ0) is 9.73. The molecule has 2 N–H and O–H groups in total. The van der Waals surface area contributed by atoms with E-state index in [1.165, 1.54) is 0 Å². The van der Waals surface area contributed by atoms with Crippen LogP contribution in [0.1, 0.15) is 25.3 Å². The highest BCUT2D eigenvalue weighted by atomic mass is 14.7. The second-order valence-electron chi connectivity index (χ2n) is 3.20. The lowest BCUT2D eigenvalue weighted by molar-refractivity contribution is 0.516. The van der Waals surface area contributed by atoms with E-state index in [2.05, 4.69) is 6.07 Å². The molecule has 1 aromatic rings. The summed E-state index contributed by atoms with van der Waals surface area (Å²) in [4.78, 5) is 0. The molecule has 1 rings (SSSR count). The van der Waals surface area contributed by atoms with Crippen molar-refractivity contribution in [2.24, 2.45) is 5.73 Å². The van der Waals surface area contributed by atoms with Crippen LogP contribution < -0.4 is 5.73 Å². The molecule has 0 heterocycles. The minimum Gasteiger partial charge on any atom is -0.310 e. The van der Waals surface area contributed by atoms with Crippen molar-refractivity contribution in [3.05, 3.63) is 35.9 Å². The molecular formula is C11H14N2. The smallest absolute Gasteiger partial charge is 0.129 e. The highest BCUT2D eigenvalue weighted by Crippen LogP contribution is 2.22. The predicted molar refractivity (Wildman–Crippen MR) is 52.8 cm³/mol. The average molecular weight is 174 g/mol. The van der Waals surface area contributed by atoms with Gasteiger partial charge in [-0.1, -0.05) is 43.7 Å². The number of hydrogen-bond donors (Lipinski definition) is 1. The van der Waals surface area contributed by atoms with Gasteiger partial charge in [0.1, 0.15) is 5.54 Å². The largest absolute Gasteiger partial charge is 0.310 e. The van der Waals surface area contributed by atoms with Crippen LogP contribution in [0.15, 0.2) is 30.3 Å². The van der Waals surface area contributed by atoms with Gasteiger partial charge in [0.25, 0.3) is 0 Å². The van der Waals surface area contributed by atoms with Gasteiger partial charge < -0.3 is 5.73 Å². The van der Waals surface area contributed by atoms with E-state index >= 15 is 0 Å². The van der Waals surface area contributed by atoms with Gasteiger partial charge in [-0.15, -0.1) is 0 Å². The Morgan fingerprint density at radius 3 is 2.46 bits per heavy atom. The van der Waals surface area contributed by atoms with Crippen LogP contribution in [0.4, 0.5) is 0 Å². The lowest BCUT2D eigenvalue weighted by Gasteiger charge is -2.20. The van der Waals surface area contributed by atoms with Gasteiger partial charge in [-0.2, -0.15) is 5.26 Å². The fourth-order valence-corrected chi connectivity index (χ4v) is 1.39. The molecule has 13 heavy (non-hydrogen) atoms. The molecule has 0 bridgehead atoms.